The second-order valence-electron chi connectivity index (χ2n) is 4.45. The minimum Gasteiger partial charge on any atom is -0.389 e. The fourth-order valence-corrected chi connectivity index (χ4v) is 1.92. The van der Waals surface area contributed by atoms with E-state index in [9.17, 15) is 4.79 Å². The predicted molar refractivity (Wildman–Crippen MR) is 90.4 cm³/mol. The standard InChI is InChI=1S/C17H13N3OS/c18-10-14(17(19)22)11-20-15-8-4-7-13(9-15)16(21)12-5-2-1-3-6-12/h1-9,11,20H,(H2,19,22)/b14-11+. The van der Waals surface area contributed by atoms with Crippen LogP contribution in [-0.4, -0.2) is 10.8 Å². The highest BCUT2D eigenvalue weighted by molar-refractivity contribution is 7.80. The van der Waals surface area contributed by atoms with E-state index < -0.39 is 0 Å². The van der Waals surface area contributed by atoms with Gasteiger partial charge in [-0.3, -0.25) is 4.79 Å². The van der Waals surface area contributed by atoms with E-state index in [0.29, 0.717) is 16.8 Å². The molecule has 3 N–H and O–H groups in total. The topological polar surface area (TPSA) is 78.9 Å². The summed E-state index contributed by atoms with van der Waals surface area (Å²) >= 11 is 4.76. The molecule has 0 aliphatic carbocycles. The van der Waals surface area contributed by atoms with Crippen LogP contribution < -0.4 is 11.1 Å². The number of carbonyl (C=O) groups excluding carboxylic acids is 1. The number of hydrogen-bond acceptors (Lipinski definition) is 4. The molecular formula is C17H13N3OS. The summed E-state index contributed by atoms with van der Waals surface area (Å²) in [5, 5.41) is 11.8. The zero-order valence-electron chi connectivity index (χ0n) is 11.6. The second kappa shape index (κ2) is 7.16. The highest BCUT2D eigenvalue weighted by Gasteiger charge is 2.08. The summed E-state index contributed by atoms with van der Waals surface area (Å²) in [5.41, 5.74) is 7.44. The van der Waals surface area contributed by atoms with Crippen LogP contribution in [0, 0.1) is 11.3 Å². The Morgan fingerprint density at radius 1 is 1.14 bits per heavy atom. The van der Waals surface area contributed by atoms with E-state index in [2.05, 4.69) is 5.32 Å². The smallest absolute Gasteiger partial charge is 0.193 e. The molecule has 2 aromatic carbocycles. The number of carbonyl (C=O) groups is 1. The average molecular weight is 307 g/mol. The first-order valence-electron chi connectivity index (χ1n) is 6.48. The van der Waals surface area contributed by atoms with Crippen molar-refractivity contribution >= 4 is 28.7 Å². The van der Waals surface area contributed by atoms with Crippen molar-refractivity contribution in [3.63, 3.8) is 0 Å². The average Bonchev–Trinajstić information content (AvgIpc) is 2.55. The summed E-state index contributed by atoms with van der Waals surface area (Å²) in [7, 11) is 0. The number of hydrogen-bond donors (Lipinski definition) is 2. The number of nitriles is 1. The van der Waals surface area contributed by atoms with Crippen molar-refractivity contribution in [3.8, 4) is 6.07 Å². The van der Waals surface area contributed by atoms with E-state index in [-0.39, 0.29) is 16.3 Å². The molecular weight excluding hydrogens is 294 g/mol. The molecule has 0 spiro atoms. The predicted octanol–water partition coefficient (Wildman–Crippen LogP) is 3.02. The molecule has 0 radical (unpaired) electrons. The van der Waals surface area contributed by atoms with Gasteiger partial charge in [-0.2, -0.15) is 5.26 Å². The molecule has 0 bridgehead atoms. The van der Waals surface area contributed by atoms with Crippen LogP contribution in [0.2, 0.25) is 0 Å². The number of nitrogens with two attached hydrogens (primary N) is 1. The molecule has 0 saturated carbocycles. The Bertz CT molecular complexity index is 776. The number of rotatable bonds is 5. The Balaban J connectivity index is 2.23. The first-order chi connectivity index (χ1) is 10.6. The van der Waals surface area contributed by atoms with Crippen molar-refractivity contribution in [2.24, 2.45) is 5.73 Å². The Kier molecular flexibility index (Phi) is 5.02. The molecule has 0 heterocycles. The quantitative estimate of drug-likeness (QED) is 0.384. The minimum absolute atomic E-state index is 0.0199. The van der Waals surface area contributed by atoms with E-state index in [4.69, 9.17) is 23.2 Å². The molecule has 22 heavy (non-hydrogen) atoms. The summed E-state index contributed by atoms with van der Waals surface area (Å²) < 4.78 is 0. The molecule has 2 aromatic rings. The van der Waals surface area contributed by atoms with Crippen LogP contribution in [0.4, 0.5) is 5.69 Å². The summed E-state index contributed by atoms with van der Waals surface area (Å²) in [6, 6.07) is 17.9. The van der Waals surface area contributed by atoms with Crippen molar-refractivity contribution in [1.82, 2.24) is 0 Å². The van der Waals surface area contributed by atoms with E-state index in [1.807, 2.05) is 24.3 Å². The maximum atomic E-state index is 12.4. The third kappa shape index (κ3) is 3.78. The van der Waals surface area contributed by atoms with Gasteiger partial charge in [-0.05, 0) is 12.1 Å². The van der Waals surface area contributed by atoms with Crippen molar-refractivity contribution in [3.05, 3.63) is 77.5 Å². The van der Waals surface area contributed by atoms with Gasteiger partial charge in [0.2, 0.25) is 0 Å². The largest absolute Gasteiger partial charge is 0.389 e. The SMILES string of the molecule is N#C/C(=C\Nc1cccc(C(=O)c2ccccc2)c1)C(N)=S. The van der Waals surface area contributed by atoms with Crippen LogP contribution in [0.25, 0.3) is 0 Å². The van der Waals surface area contributed by atoms with Gasteiger partial charge in [0.15, 0.2) is 5.78 Å². The summed E-state index contributed by atoms with van der Waals surface area (Å²) in [6.07, 6.45) is 1.43. The Labute approximate surface area is 133 Å². The maximum Gasteiger partial charge on any atom is 0.193 e. The first-order valence-corrected chi connectivity index (χ1v) is 6.89. The highest BCUT2D eigenvalue weighted by atomic mass is 32.1. The minimum atomic E-state index is -0.0666. The molecule has 108 valence electrons. The molecule has 0 fully saturated rings. The summed E-state index contributed by atoms with van der Waals surface area (Å²) in [4.78, 5) is 12.4. The molecule has 0 unspecified atom stereocenters. The van der Waals surface area contributed by atoms with Crippen LogP contribution in [0.1, 0.15) is 15.9 Å². The van der Waals surface area contributed by atoms with Crippen LogP contribution in [0.5, 0.6) is 0 Å². The van der Waals surface area contributed by atoms with Gasteiger partial charge in [0.25, 0.3) is 0 Å². The Hall–Kier alpha value is -2.97. The Morgan fingerprint density at radius 2 is 1.82 bits per heavy atom. The van der Waals surface area contributed by atoms with Gasteiger partial charge in [-0.25, -0.2) is 0 Å². The number of ketones is 1. The molecule has 4 nitrogen and oxygen atoms in total. The lowest BCUT2D eigenvalue weighted by Gasteiger charge is -2.05. The highest BCUT2D eigenvalue weighted by Crippen LogP contribution is 2.15. The molecule has 2 rings (SSSR count). The maximum absolute atomic E-state index is 12.4. The van der Waals surface area contributed by atoms with Crippen molar-refractivity contribution in [2.75, 3.05) is 5.32 Å². The lowest BCUT2D eigenvalue weighted by Crippen LogP contribution is -2.11. The van der Waals surface area contributed by atoms with Gasteiger partial charge in [-0.1, -0.05) is 54.7 Å². The zero-order valence-corrected chi connectivity index (χ0v) is 12.4. The van der Waals surface area contributed by atoms with Gasteiger partial charge in [0, 0.05) is 23.0 Å². The van der Waals surface area contributed by atoms with Gasteiger partial charge in [-0.15, -0.1) is 0 Å². The third-order valence-corrected chi connectivity index (χ3v) is 3.15. The van der Waals surface area contributed by atoms with Gasteiger partial charge in [0.1, 0.15) is 16.6 Å². The number of benzene rings is 2. The van der Waals surface area contributed by atoms with Crippen molar-refractivity contribution in [1.29, 1.82) is 5.26 Å². The molecule has 5 heteroatoms. The second-order valence-corrected chi connectivity index (χ2v) is 4.89. The van der Waals surface area contributed by atoms with Gasteiger partial charge < -0.3 is 11.1 Å². The van der Waals surface area contributed by atoms with Crippen LogP contribution >= 0.6 is 12.2 Å². The monoisotopic (exact) mass is 307 g/mol. The third-order valence-electron chi connectivity index (χ3n) is 2.93. The van der Waals surface area contributed by atoms with E-state index in [1.165, 1.54) is 6.20 Å². The van der Waals surface area contributed by atoms with Crippen molar-refractivity contribution < 1.29 is 4.79 Å². The van der Waals surface area contributed by atoms with Gasteiger partial charge >= 0.3 is 0 Å². The fraction of sp³-hybridized carbons (Fsp3) is 0. The molecule has 0 aromatic heterocycles. The summed E-state index contributed by atoms with van der Waals surface area (Å²) in [6.45, 7) is 0. The lowest BCUT2D eigenvalue weighted by atomic mass is 10.0. The number of nitrogens with zero attached hydrogens (tertiary/aromatic N) is 1. The molecule has 0 aliphatic heterocycles. The zero-order chi connectivity index (χ0) is 15.9. The van der Waals surface area contributed by atoms with Gasteiger partial charge in [0.05, 0.1) is 0 Å². The number of nitrogens with one attached hydrogen (secondary N) is 1. The van der Waals surface area contributed by atoms with E-state index in [0.717, 1.165) is 0 Å². The fourth-order valence-electron chi connectivity index (χ4n) is 1.82. The van der Waals surface area contributed by atoms with E-state index >= 15 is 0 Å². The van der Waals surface area contributed by atoms with Crippen LogP contribution in [-0.2, 0) is 0 Å². The Morgan fingerprint density at radius 3 is 2.45 bits per heavy atom. The number of thiocarbonyl (C=S) groups is 1. The van der Waals surface area contributed by atoms with Crippen molar-refractivity contribution in [2.45, 2.75) is 0 Å². The molecule has 0 amide bonds. The number of anilines is 1. The summed E-state index contributed by atoms with van der Waals surface area (Å²) in [5.74, 6) is -0.0666. The molecule has 0 aliphatic rings. The van der Waals surface area contributed by atoms with Crippen LogP contribution in [0.3, 0.4) is 0 Å². The normalized spacial score (nSPS) is 10.6. The first kappa shape index (κ1) is 15.4. The molecule has 0 saturated heterocycles. The van der Waals surface area contributed by atoms with Crippen LogP contribution in [0.15, 0.2) is 66.4 Å². The molecule has 0 atom stereocenters. The lowest BCUT2D eigenvalue weighted by molar-refractivity contribution is 0.103. The van der Waals surface area contributed by atoms with E-state index in [1.54, 1.807) is 36.4 Å².